The van der Waals surface area contributed by atoms with Crippen LogP contribution in [0.25, 0.3) is 0 Å². The van der Waals surface area contributed by atoms with Crippen LogP contribution in [0.3, 0.4) is 0 Å². The third-order valence-corrected chi connectivity index (χ3v) is 5.26. The fraction of sp³-hybridized carbons (Fsp3) is 0.562. The number of rotatable bonds is 4. The van der Waals surface area contributed by atoms with E-state index in [0.29, 0.717) is 5.92 Å². The molecule has 1 aliphatic carbocycles. The molecule has 0 aromatic heterocycles. The first-order valence-corrected chi connectivity index (χ1v) is 9.25. The molecule has 1 aromatic rings. The van der Waals surface area contributed by atoms with E-state index in [4.69, 9.17) is 5.14 Å². The Morgan fingerprint density at radius 2 is 2.09 bits per heavy atom. The average molecular weight is 324 g/mol. The predicted octanol–water partition coefficient (Wildman–Crippen LogP) is 2.34. The quantitative estimate of drug-likeness (QED) is 0.891. The number of carbonyl (C=O) groups excluding carboxylic acids is 1. The van der Waals surface area contributed by atoms with Crippen LogP contribution in [0.4, 0.5) is 0 Å². The number of nitrogens with two attached hydrogens (primary N) is 1. The molecule has 0 heterocycles. The molecule has 1 aromatic carbocycles. The molecule has 0 spiro atoms. The SMILES string of the molecule is CC1CCCC(C(=O)NC(C)c2cccc(S(N)(=O)=O)c2)C1. The lowest BCUT2D eigenvalue weighted by Gasteiger charge is -2.27. The first kappa shape index (κ1) is 17.0. The normalized spacial score (nSPS) is 23.8. The number of hydrogen-bond donors (Lipinski definition) is 2. The molecule has 3 unspecified atom stereocenters. The lowest BCUT2D eigenvalue weighted by atomic mass is 9.82. The van der Waals surface area contributed by atoms with Gasteiger partial charge < -0.3 is 5.32 Å². The second-order valence-electron chi connectivity index (χ2n) is 6.32. The fourth-order valence-electron chi connectivity index (χ4n) is 3.05. The molecule has 3 N–H and O–H groups in total. The van der Waals surface area contributed by atoms with Gasteiger partial charge in [-0.1, -0.05) is 31.9 Å². The van der Waals surface area contributed by atoms with Gasteiger partial charge in [0.25, 0.3) is 0 Å². The van der Waals surface area contributed by atoms with Crippen molar-refractivity contribution in [3.05, 3.63) is 29.8 Å². The molecule has 6 heteroatoms. The van der Waals surface area contributed by atoms with Crippen LogP contribution in [-0.2, 0) is 14.8 Å². The van der Waals surface area contributed by atoms with Gasteiger partial charge >= 0.3 is 0 Å². The van der Waals surface area contributed by atoms with Gasteiger partial charge in [-0.15, -0.1) is 0 Å². The Kier molecular flexibility index (Phi) is 5.24. The number of nitrogens with one attached hydrogen (secondary N) is 1. The highest BCUT2D eigenvalue weighted by Crippen LogP contribution is 2.29. The average Bonchev–Trinajstić information content (AvgIpc) is 2.46. The molecule has 1 saturated carbocycles. The van der Waals surface area contributed by atoms with Crippen LogP contribution in [0.2, 0.25) is 0 Å². The Bertz CT molecular complexity index is 643. The van der Waals surface area contributed by atoms with Gasteiger partial charge in [0, 0.05) is 5.92 Å². The van der Waals surface area contributed by atoms with E-state index in [0.717, 1.165) is 24.8 Å². The maximum Gasteiger partial charge on any atom is 0.238 e. The Hall–Kier alpha value is -1.40. The summed E-state index contributed by atoms with van der Waals surface area (Å²) < 4.78 is 22.8. The van der Waals surface area contributed by atoms with Gasteiger partial charge in [-0.25, -0.2) is 13.6 Å². The van der Waals surface area contributed by atoms with Gasteiger partial charge in [0.05, 0.1) is 10.9 Å². The van der Waals surface area contributed by atoms with Crippen molar-refractivity contribution in [2.24, 2.45) is 17.0 Å². The van der Waals surface area contributed by atoms with Gasteiger partial charge in [-0.05, 0) is 43.4 Å². The molecule has 122 valence electrons. The van der Waals surface area contributed by atoms with Crippen molar-refractivity contribution < 1.29 is 13.2 Å². The van der Waals surface area contributed by atoms with Gasteiger partial charge in [-0.3, -0.25) is 4.79 Å². The molecule has 1 amide bonds. The molecule has 22 heavy (non-hydrogen) atoms. The zero-order chi connectivity index (χ0) is 16.3. The Morgan fingerprint density at radius 1 is 1.36 bits per heavy atom. The Labute approximate surface area is 132 Å². The molecule has 2 rings (SSSR count). The van der Waals surface area contributed by atoms with Crippen LogP contribution < -0.4 is 10.5 Å². The minimum atomic E-state index is -3.73. The molecule has 0 radical (unpaired) electrons. The van der Waals surface area contributed by atoms with Crippen molar-refractivity contribution in [2.75, 3.05) is 0 Å². The molecule has 0 saturated heterocycles. The van der Waals surface area contributed by atoms with Crippen LogP contribution in [0, 0.1) is 11.8 Å². The summed E-state index contributed by atoms with van der Waals surface area (Å²) in [5, 5.41) is 8.13. The van der Waals surface area contributed by atoms with E-state index in [9.17, 15) is 13.2 Å². The van der Waals surface area contributed by atoms with Crippen molar-refractivity contribution in [3.8, 4) is 0 Å². The lowest BCUT2D eigenvalue weighted by molar-refractivity contribution is -0.127. The second-order valence-corrected chi connectivity index (χ2v) is 7.88. The van der Waals surface area contributed by atoms with Crippen molar-refractivity contribution >= 4 is 15.9 Å². The van der Waals surface area contributed by atoms with Crippen LogP contribution in [0.15, 0.2) is 29.2 Å². The molecule has 3 atom stereocenters. The molecular formula is C16H24N2O3S. The Morgan fingerprint density at radius 3 is 2.73 bits per heavy atom. The molecule has 0 aliphatic heterocycles. The van der Waals surface area contributed by atoms with Crippen LogP contribution in [0.1, 0.15) is 51.1 Å². The summed E-state index contributed by atoms with van der Waals surface area (Å²) in [6.07, 6.45) is 4.14. The van der Waals surface area contributed by atoms with E-state index in [1.54, 1.807) is 12.1 Å². The fourth-order valence-corrected chi connectivity index (χ4v) is 3.62. The first-order chi connectivity index (χ1) is 10.3. The summed E-state index contributed by atoms with van der Waals surface area (Å²) in [4.78, 5) is 12.4. The summed E-state index contributed by atoms with van der Waals surface area (Å²) in [6.45, 7) is 4.03. The number of benzene rings is 1. The number of amides is 1. The number of hydrogen-bond acceptors (Lipinski definition) is 3. The summed E-state index contributed by atoms with van der Waals surface area (Å²) in [7, 11) is -3.73. The zero-order valence-corrected chi connectivity index (χ0v) is 13.9. The van der Waals surface area contributed by atoms with Crippen LogP contribution in [0.5, 0.6) is 0 Å². The van der Waals surface area contributed by atoms with Gasteiger partial charge in [0.15, 0.2) is 0 Å². The molecule has 1 aliphatic rings. The maximum atomic E-state index is 12.4. The topological polar surface area (TPSA) is 89.3 Å². The van der Waals surface area contributed by atoms with Gasteiger partial charge in [0.2, 0.25) is 15.9 Å². The van der Waals surface area contributed by atoms with E-state index < -0.39 is 10.0 Å². The highest BCUT2D eigenvalue weighted by molar-refractivity contribution is 7.89. The number of carbonyl (C=O) groups is 1. The van der Waals surface area contributed by atoms with Crippen LogP contribution in [-0.4, -0.2) is 14.3 Å². The maximum absolute atomic E-state index is 12.4. The molecular weight excluding hydrogens is 300 g/mol. The smallest absolute Gasteiger partial charge is 0.238 e. The number of sulfonamides is 1. The Balaban J connectivity index is 2.05. The van der Waals surface area contributed by atoms with E-state index in [2.05, 4.69) is 12.2 Å². The van der Waals surface area contributed by atoms with E-state index in [1.165, 1.54) is 18.6 Å². The summed E-state index contributed by atoms with van der Waals surface area (Å²) in [5.41, 5.74) is 0.740. The third-order valence-electron chi connectivity index (χ3n) is 4.35. The van der Waals surface area contributed by atoms with E-state index >= 15 is 0 Å². The minimum absolute atomic E-state index is 0.0556. The highest BCUT2D eigenvalue weighted by atomic mass is 32.2. The molecule has 0 bridgehead atoms. The first-order valence-electron chi connectivity index (χ1n) is 7.70. The molecule has 1 fully saturated rings. The summed E-state index contributed by atoms with van der Waals surface area (Å²) in [5.74, 6) is 0.707. The van der Waals surface area contributed by atoms with Gasteiger partial charge in [0.1, 0.15) is 0 Å². The number of primary sulfonamides is 1. The van der Waals surface area contributed by atoms with E-state index in [-0.39, 0.29) is 22.8 Å². The largest absolute Gasteiger partial charge is 0.349 e. The monoisotopic (exact) mass is 324 g/mol. The van der Waals surface area contributed by atoms with Crippen molar-refractivity contribution in [3.63, 3.8) is 0 Å². The highest BCUT2D eigenvalue weighted by Gasteiger charge is 2.26. The molecule has 5 nitrogen and oxygen atoms in total. The summed E-state index contributed by atoms with van der Waals surface area (Å²) in [6, 6.07) is 6.16. The third kappa shape index (κ3) is 4.30. The van der Waals surface area contributed by atoms with Gasteiger partial charge in [-0.2, -0.15) is 0 Å². The van der Waals surface area contributed by atoms with Crippen molar-refractivity contribution in [2.45, 2.75) is 50.5 Å². The van der Waals surface area contributed by atoms with Crippen molar-refractivity contribution in [1.82, 2.24) is 5.32 Å². The van der Waals surface area contributed by atoms with E-state index in [1.807, 2.05) is 6.92 Å². The predicted molar refractivity (Wildman–Crippen MR) is 85.5 cm³/mol. The van der Waals surface area contributed by atoms with Crippen molar-refractivity contribution in [1.29, 1.82) is 0 Å². The lowest BCUT2D eigenvalue weighted by Crippen LogP contribution is -2.35. The minimum Gasteiger partial charge on any atom is -0.349 e. The standard InChI is InChI=1S/C16H24N2O3S/c1-11-5-3-7-14(9-11)16(19)18-12(2)13-6-4-8-15(10-13)22(17,20)21/h4,6,8,10-12,14H,3,5,7,9H2,1-2H3,(H,18,19)(H2,17,20,21). The summed E-state index contributed by atoms with van der Waals surface area (Å²) >= 11 is 0. The second kappa shape index (κ2) is 6.79. The van der Waals surface area contributed by atoms with Crippen LogP contribution >= 0.6 is 0 Å². The zero-order valence-electron chi connectivity index (χ0n) is 13.1.